The topological polar surface area (TPSA) is 69.6 Å². The first-order valence-corrected chi connectivity index (χ1v) is 6.95. The van der Waals surface area contributed by atoms with Gasteiger partial charge in [-0.15, -0.1) is 12.4 Å². The number of benzene rings is 1. The predicted molar refractivity (Wildman–Crippen MR) is 82.2 cm³/mol. The fourth-order valence-electron chi connectivity index (χ4n) is 2.16. The smallest absolute Gasteiger partial charge is 0.307 e. The number of rotatable bonds is 4. The normalized spacial score (nSPS) is 18.1. The second kappa shape index (κ2) is 7.72. The number of nitrogens with one attached hydrogen (secondary N) is 1. The number of hydrogen-bond donors (Lipinski definition) is 2. The van der Waals surface area contributed by atoms with E-state index in [1.807, 2.05) is 0 Å². The van der Waals surface area contributed by atoms with Gasteiger partial charge < -0.3 is 10.4 Å². The van der Waals surface area contributed by atoms with Crippen molar-refractivity contribution in [2.75, 3.05) is 25.0 Å². The van der Waals surface area contributed by atoms with E-state index >= 15 is 0 Å². The molecule has 1 aromatic rings. The van der Waals surface area contributed by atoms with Crippen LogP contribution >= 0.6 is 28.3 Å². The lowest BCUT2D eigenvalue weighted by Crippen LogP contribution is -2.32. The van der Waals surface area contributed by atoms with E-state index in [1.54, 1.807) is 11.0 Å². The Morgan fingerprint density at radius 1 is 1.48 bits per heavy atom. The van der Waals surface area contributed by atoms with Gasteiger partial charge in [-0.05, 0) is 31.2 Å². The number of carbonyl (C=O) groups excluding carboxylic acids is 1. The van der Waals surface area contributed by atoms with Gasteiger partial charge in [-0.1, -0.05) is 15.9 Å². The summed E-state index contributed by atoms with van der Waals surface area (Å²) in [5.74, 6) is -2.13. The molecule has 0 radical (unpaired) electrons. The van der Waals surface area contributed by atoms with Crippen LogP contribution in [0.2, 0.25) is 0 Å². The summed E-state index contributed by atoms with van der Waals surface area (Å²) < 4.78 is 14.2. The Balaban J connectivity index is 0.00000220. The van der Waals surface area contributed by atoms with Crippen LogP contribution in [0.3, 0.4) is 0 Å². The second-order valence-corrected chi connectivity index (χ2v) is 5.65. The molecule has 1 saturated heterocycles. The third kappa shape index (κ3) is 4.94. The van der Waals surface area contributed by atoms with Gasteiger partial charge in [-0.2, -0.15) is 0 Å². The van der Waals surface area contributed by atoms with Crippen molar-refractivity contribution in [3.05, 3.63) is 28.5 Å². The van der Waals surface area contributed by atoms with Gasteiger partial charge in [0.15, 0.2) is 0 Å². The second-order valence-electron chi connectivity index (χ2n) is 4.73. The average molecular weight is 382 g/mol. The summed E-state index contributed by atoms with van der Waals surface area (Å²) >= 11 is 3.14. The molecule has 1 unspecified atom stereocenters. The molecule has 1 amide bonds. The van der Waals surface area contributed by atoms with Gasteiger partial charge in [-0.25, -0.2) is 4.39 Å². The fourth-order valence-corrected chi connectivity index (χ4v) is 2.49. The van der Waals surface area contributed by atoms with Gasteiger partial charge in [0.25, 0.3) is 0 Å². The highest BCUT2D eigenvalue weighted by molar-refractivity contribution is 9.10. The van der Waals surface area contributed by atoms with Crippen LogP contribution in [0.15, 0.2) is 22.7 Å². The quantitative estimate of drug-likeness (QED) is 0.840. The van der Waals surface area contributed by atoms with E-state index in [0.717, 1.165) is 0 Å². The maximum atomic E-state index is 13.6. The molecule has 1 aromatic carbocycles. The molecule has 1 aliphatic heterocycles. The van der Waals surface area contributed by atoms with E-state index in [4.69, 9.17) is 5.11 Å². The first-order valence-electron chi connectivity index (χ1n) is 6.16. The molecule has 0 aliphatic carbocycles. The Kier molecular flexibility index (Phi) is 6.57. The van der Waals surface area contributed by atoms with E-state index < -0.39 is 17.7 Å². The minimum atomic E-state index is -0.841. The van der Waals surface area contributed by atoms with Crippen molar-refractivity contribution < 1.29 is 19.1 Å². The van der Waals surface area contributed by atoms with Crippen molar-refractivity contribution in [2.24, 2.45) is 5.92 Å². The maximum absolute atomic E-state index is 13.6. The van der Waals surface area contributed by atoms with Crippen molar-refractivity contribution in [1.29, 1.82) is 0 Å². The number of likely N-dealkylation sites (tertiary alicyclic amines) is 1. The van der Waals surface area contributed by atoms with Crippen LogP contribution in [0, 0.1) is 11.7 Å². The summed E-state index contributed by atoms with van der Waals surface area (Å²) in [6, 6.07) is 4.38. The minimum absolute atomic E-state index is 0. The molecule has 1 aliphatic rings. The van der Waals surface area contributed by atoms with E-state index in [1.165, 1.54) is 12.1 Å². The highest BCUT2D eigenvalue weighted by atomic mass is 79.9. The first-order chi connectivity index (χ1) is 9.45. The average Bonchev–Trinajstić information content (AvgIpc) is 2.81. The van der Waals surface area contributed by atoms with E-state index in [9.17, 15) is 14.0 Å². The Morgan fingerprint density at radius 2 is 2.19 bits per heavy atom. The van der Waals surface area contributed by atoms with Crippen molar-refractivity contribution in [1.82, 2.24) is 4.90 Å². The zero-order valence-corrected chi connectivity index (χ0v) is 13.4. The van der Waals surface area contributed by atoms with Crippen molar-refractivity contribution in [3.8, 4) is 0 Å². The summed E-state index contributed by atoms with van der Waals surface area (Å²) in [4.78, 5) is 24.4. The lowest BCUT2D eigenvalue weighted by molar-refractivity contribution is -0.141. The summed E-state index contributed by atoms with van der Waals surface area (Å²) in [5, 5.41) is 11.4. The molecule has 2 rings (SSSR count). The van der Waals surface area contributed by atoms with E-state index in [-0.39, 0.29) is 30.5 Å². The first kappa shape index (κ1) is 17.9. The number of carboxylic acid groups (broad SMARTS) is 1. The Hall–Kier alpha value is -1.18. The number of amides is 1. The van der Waals surface area contributed by atoms with Crippen LogP contribution < -0.4 is 5.32 Å². The van der Waals surface area contributed by atoms with Gasteiger partial charge in [0.2, 0.25) is 5.91 Å². The number of aliphatic carboxylic acids is 1. The summed E-state index contributed by atoms with van der Waals surface area (Å²) in [6.07, 6.45) is 0.537. The standard InChI is InChI=1S/C13H14BrFN2O3.ClH/c14-9-1-2-11(10(15)5-9)16-12(18)7-17-4-3-8(6-17)13(19)20;/h1-2,5,8H,3-4,6-7H2,(H,16,18)(H,19,20);1H. The van der Waals surface area contributed by atoms with Gasteiger partial charge in [0, 0.05) is 11.0 Å². The molecule has 1 fully saturated rings. The highest BCUT2D eigenvalue weighted by Gasteiger charge is 2.28. The number of anilines is 1. The predicted octanol–water partition coefficient (Wildman–Crippen LogP) is 2.36. The molecule has 116 valence electrons. The lowest BCUT2D eigenvalue weighted by Gasteiger charge is -2.15. The van der Waals surface area contributed by atoms with E-state index in [0.29, 0.717) is 24.0 Å². The van der Waals surface area contributed by atoms with Crippen LogP contribution in [0.4, 0.5) is 10.1 Å². The third-order valence-corrected chi connectivity index (χ3v) is 3.69. The molecule has 1 atom stereocenters. The monoisotopic (exact) mass is 380 g/mol. The molecule has 0 spiro atoms. The molecular formula is C13H15BrClFN2O3. The summed E-state index contributed by atoms with van der Waals surface area (Å²) in [7, 11) is 0. The summed E-state index contributed by atoms with van der Waals surface area (Å²) in [5.41, 5.74) is 0.118. The summed E-state index contributed by atoms with van der Waals surface area (Å²) in [6.45, 7) is 0.984. The molecule has 8 heteroatoms. The molecule has 1 heterocycles. The van der Waals surface area contributed by atoms with Gasteiger partial charge in [0.1, 0.15) is 5.82 Å². The van der Waals surface area contributed by atoms with E-state index in [2.05, 4.69) is 21.2 Å². The van der Waals surface area contributed by atoms with Gasteiger partial charge in [-0.3, -0.25) is 14.5 Å². The number of nitrogens with zero attached hydrogens (tertiary/aromatic N) is 1. The molecule has 0 aromatic heterocycles. The Bertz CT molecular complexity index is 544. The van der Waals surface area contributed by atoms with Gasteiger partial charge >= 0.3 is 5.97 Å². The molecule has 21 heavy (non-hydrogen) atoms. The fraction of sp³-hybridized carbons (Fsp3) is 0.385. The zero-order chi connectivity index (χ0) is 14.7. The Morgan fingerprint density at radius 3 is 2.76 bits per heavy atom. The highest BCUT2D eigenvalue weighted by Crippen LogP contribution is 2.20. The number of carbonyl (C=O) groups is 2. The molecule has 5 nitrogen and oxygen atoms in total. The molecule has 0 saturated carbocycles. The number of hydrogen-bond acceptors (Lipinski definition) is 3. The minimum Gasteiger partial charge on any atom is -0.481 e. The van der Waals surface area contributed by atoms with Crippen molar-refractivity contribution in [3.63, 3.8) is 0 Å². The van der Waals surface area contributed by atoms with Gasteiger partial charge in [0.05, 0.1) is 18.2 Å². The Labute approximate surface area is 136 Å². The van der Waals surface area contributed by atoms with Crippen LogP contribution in [0.1, 0.15) is 6.42 Å². The molecular weight excluding hydrogens is 367 g/mol. The van der Waals surface area contributed by atoms with Crippen LogP contribution in [0.5, 0.6) is 0 Å². The van der Waals surface area contributed by atoms with Crippen LogP contribution in [-0.2, 0) is 9.59 Å². The SMILES string of the molecule is Cl.O=C(CN1CCC(C(=O)O)C1)Nc1ccc(Br)cc1F. The number of halogens is 3. The third-order valence-electron chi connectivity index (χ3n) is 3.19. The lowest BCUT2D eigenvalue weighted by atomic mass is 10.1. The number of carboxylic acids is 1. The maximum Gasteiger partial charge on any atom is 0.307 e. The molecule has 2 N–H and O–H groups in total. The zero-order valence-electron chi connectivity index (χ0n) is 11.0. The van der Waals surface area contributed by atoms with Crippen molar-refractivity contribution >= 4 is 45.9 Å². The van der Waals surface area contributed by atoms with Crippen LogP contribution in [0.25, 0.3) is 0 Å². The molecule has 0 bridgehead atoms. The van der Waals surface area contributed by atoms with Crippen molar-refractivity contribution in [2.45, 2.75) is 6.42 Å². The van der Waals surface area contributed by atoms with Crippen LogP contribution in [-0.4, -0.2) is 41.5 Å². The largest absolute Gasteiger partial charge is 0.481 e.